The number of benzene rings is 1. The van der Waals surface area contributed by atoms with E-state index in [-0.39, 0.29) is 12.0 Å². The molecule has 0 aromatic heterocycles. The van der Waals surface area contributed by atoms with Gasteiger partial charge in [-0.3, -0.25) is 0 Å². The zero-order valence-corrected chi connectivity index (χ0v) is 9.66. The van der Waals surface area contributed by atoms with E-state index in [0.717, 1.165) is 6.07 Å². The van der Waals surface area contributed by atoms with Crippen LogP contribution in [0.1, 0.15) is 38.3 Å². The lowest BCUT2D eigenvalue weighted by Crippen LogP contribution is -2.09. The van der Waals surface area contributed by atoms with Gasteiger partial charge in [-0.2, -0.15) is 13.2 Å². The normalized spacial score (nSPS) is 10.7. The lowest BCUT2D eigenvalue weighted by molar-refractivity contribution is -0.140. The molecular formula is C12H16F4. The Morgan fingerprint density at radius 1 is 1.06 bits per heavy atom. The van der Waals surface area contributed by atoms with Gasteiger partial charge in [-0.05, 0) is 18.1 Å². The number of aryl methyl sites for hydroxylation is 1. The Bertz CT molecular complexity index is 315. The van der Waals surface area contributed by atoms with Gasteiger partial charge < -0.3 is 0 Å². The Morgan fingerprint density at radius 2 is 1.56 bits per heavy atom. The smallest absolute Gasteiger partial charge is 0.206 e. The van der Waals surface area contributed by atoms with Crippen molar-refractivity contribution in [2.45, 2.75) is 39.8 Å². The molecule has 0 aliphatic rings. The average molecular weight is 236 g/mol. The monoisotopic (exact) mass is 236 g/mol. The van der Waals surface area contributed by atoms with Gasteiger partial charge in [-0.15, -0.1) is 0 Å². The molecule has 0 nitrogen and oxygen atoms in total. The van der Waals surface area contributed by atoms with Crippen molar-refractivity contribution < 1.29 is 17.6 Å². The molecule has 0 fully saturated rings. The summed E-state index contributed by atoms with van der Waals surface area (Å²) in [6, 6.07) is 3.31. The first-order valence-corrected chi connectivity index (χ1v) is 5.22. The molecule has 1 rings (SSSR count). The van der Waals surface area contributed by atoms with E-state index in [1.807, 2.05) is 0 Å². The zero-order valence-electron chi connectivity index (χ0n) is 9.66. The summed E-state index contributed by atoms with van der Waals surface area (Å²) in [5.41, 5.74) is -1.10. The van der Waals surface area contributed by atoms with Crippen molar-refractivity contribution in [2.75, 3.05) is 0 Å². The van der Waals surface area contributed by atoms with Crippen LogP contribution in [0, 0.1) is 5.82 Å². The Balaban J connectivity index is 0.000000673. The second-order valence-corrected chi connectivity index (χ2v) is 3.34. The number of rotatable bonds is 1. The van der Waals surface area contributed by atoms with Crippen LogP contribution in [0.4, 0.5) is 17.6 Å². The number of hydrogen-bond donors (Lipinski definition) is 0. The minimum atomic E-state index is -4.60. The third kappa shape index (κ3) is 4.21. The lowest BCUT2D eigenvalue weighted by atomic mass is 10.1. The summed E-state index contributed by atoms with van der Waals surface area (Å²) in [6.45, 7) is 5.86. The van der Waals surface area contributed by atoms with Crippen LogP contribution >= 0.6 is 0 Å². The van der Waals surface area contributed by atoms with E-state index in [9.17, 15) is 17.6 Å². The number of alkyl halides is 3. The fraction of sp³-hybridized carbons (Fsp3) is 0.500. The van der Waals surface area contributed by atoms with Gasteiger partial charge in [0.2, 0.25) is 0 Å². The van der Waals surface area contributed by atoms with Gasteiger partial charge in [0.25, 0.3) is 0 Å². The summed E-state index contributed by atoms with van der Waals surface area (Å²) in [5, 5.41) is 0. The summed E-state index contributed by atoms with van der Waals surface area (Å²) < 4.78 is 49.4. The van der Waals surface area contributed by atoms with Crippen LogP contribution in [-0.4, -0.2) is 0 Å². The fourth-order valence-electron chi connectivity index (χ4n) is 1.07. The average Bonchev–Trinajstić information content (AvgIpc) is 2.17. The minimum Gasteiger partial charge on any atom is -0.206 e. The van der Waals surface area contributed by atoms with Crippen molar-refractivity contribution in [1.82, 2.24) is 0 Å². The van der Waals surface area contributed by atoms with Gasteiger partial charge in [-0.25, -0.2) is 4.39 Å². The van der Waals surface area contributed by atoms with Gasteiger partial charge in [-0.1, -0.05) is 39.3 Å². The van der Waals surface area contributed by atoms with Crippen molar-refractivity contribution in [3.05, 3.63) is 35.1 Å². The molecule has 4 heteroatoms. The summed E-state index contributed by atoms with van der Waals surface area (Å²) in [7, 11) is 0. The van der Waals surface area contributed by atoms with Crippen molar-refractivity contribution >= 4 is 0 Å². The van der Waals surface area contributed by atoms with Crippen LogP contribution in [0.25, 0.3) is 0 Å². The van der Waals surface area contributed by atoms with Crippen LogP contribution in [0.2, 0.25) is 0 Å². The quantitative estimate of drug-likeness (QED) is 0.613. The van der Waals surface area contributed by atoms with Gasteiger partial charge in [0, 0.05) is 0 Å². The third-order valence-electron chi connectivity index (χ3n) is 1.76. The molecule has 0 saturated carbocycles. The van der Waals surface area contributed by atoms with Crippen LogP contribution in [0.15, 0.2) is 18.2 Å². The molecule has 1 aromatic rings. The van der Waals surface area contributed by atoms with E-state index >= 15 is 0 Å². The summed E-state index contributed by atoms with van der Waals surface area (Å²) in [4.78, 5) is 0. The molecule has 0 amide bonds. The van der Waals surface area contributed by atoms with E-state index < -0.39 is 17.6 Å². The van der Waals surface area contributed by atoms with Crippen LogP contribution in [-0.2, 0) is 12.6 Å². The molecule has 0 unspecified atom stereocenters. The highest BCUT2D eigenvalue weighted by molar-refractivity contribution is 5.27. The van der Waals surface area contributed by atoms with Gasteiger partial charge >= 0.3 is 6.18 Å². The Labute approximate surface area is 93.3 Å². The fourth-order valence-corrected chi connectivity index (χ4v) is 1.07. The Kier molecular flexibility index (Phi) is 6.08. The molecule has 0 aliphatic carbocycles. The zero-order chi connectivity index (χ0) is 12.8. The highest BCUT2D eigenvalue weighted by Gasteiger charge is 2.34. The molecule has 0 aliphatic heterocycles. The van der Waals surface area contributed by atoms with Gasteiger partial charge in [0.05, 0.1) is 5.56 Å². The molecule has 0 N–H and O–H groups in total. The molecule has 0 radical (unpaired) electrons. The maximum Gasteiger partial charge on any atom is 0.419 e. The standard InChI is InChI=1S/C9H8F4.C3H8/c1-2-6-4-3-5-7(8(6)10)9(11,12)13;1-3-2/h3-5H,2H2,1H3;3H2,1-2H3. The van der Waals surface area contributed by atoms with Crippen LogP contribution in [0.3, 0.4) is 0 Å². The van der Waals surface area contributed by atoms with E-state index in [4.69, 9.17) is 0 Å². The third-order valence-corrected chi connectivity index (χ3v) is 1.76. The van der Waals surface area contributed by atoms with E-state index in [2.05, 4.69) is 13.8 Å². The Morgan fingerprint density at radius 3 is 1.94 bits per heavy atom. The van der Waals surface area contributed by atoms with Crippen molar-refractivity contribution in [1.29, 1.82) is 0 Å². The van der Waals surface area contributed by atoms with Crippen LogP contribution in [0.5, 0.6) is 0 Å². The second-order valence-electron chi connectivity index (χ2n) is 3.34. The van der Waals surface area contributed by atoms with Crippen molar-refractivity contribution in [3.8, 4) is 0 Å². The van der Waals surface area contributed by atoms with Crippen LogP contribution < -0.4 is 0 Å². The first-order valence-electron chi connectivity index (χ1n) is 5.22. The molecule has 0 saturated heterocycles. The number of halogens is 4. The molecule has 0 heterocycles. The summed E-state index contributed by atoms with van der Waals surface area (Å²) in [5.74, 6) is -1.16. The molecule has 1 aromatic carbocycles. The van der Waals surface area contributed by atoms with E-state index in [1.165, 1.54) is 18.6 Å². The lowest BCUT2D eigenvalue weighted by Gasteiger charge is -2.09. The molecular weight excluding hydrogens is 220 g/mol. The van der Waals surface area contributed by atoms with E-state index in [0.29, 0.717) is 0 Å². The second kappa shape index (κ2) is 6.51. The minimum absolute atomic E-state index is 0.0924. The maximum absolute atomic E-state index is 13.0. The SMILES string of the molecule is CCC.CCc1cccc(C(F)(F)F)c1F. The number of hydrogen-bond acceptors (Lipinski definition) is 0. The molecule has 92 valence electrons. The van der Waals surface area contributed by atoms with Crippen molar-refractivity contribution in [3.63, 3.8) is 0 Å². The molecule has 16 heavy (non-hydrogen) atoms. The first kappa shape index (κ1) is 14.9. The van der Waals surface area contributed by atoms with E-state index in [1.54, 1.807) is 6.92 Å². The summed E-state index contributed by atoms with van der Waals surface area (Å²) in [6.07, 6.45) is -3.09. The maximum atomic E-state index is 13.0. The molecule has 0 bridgehead atoms. The molecule has 0 spiro atoms. The van der Waals surface area contributed by atoms with Gasteiger partial charge in [0.1, 0.15) is 5.82 Å². The van der Waals surface area contributed by atoms with Gasteiger partial charge in [0.15, 0.2) is 0 Å². The highest BCUT2D eigenvalue weighted by Crippen LogP contribution is 2.32. The highest BCUT2D eigenvalue weighted by atomic mass is 19.4. The summed E-state index contributed by atoms with van der Waals surface area (Å²) >= 11 is 0. The predicted octanol–water partition coefficient (Wildman–Crippen LogP) is 4.82. The predicted molar refractivity (Wildman–Crippen MR) is 56.7 cm³/mol. The largest absolute Gasteiger partial charge is 0.419 e. The first-order chi connectivity index (χ1) is 7.38. The molecule has 0 atom stereocenters. The van der Waals surface area contributed by atoms with Crippen molar-refractivity contribution in [2.24, 2.45) is 0 Å². The topological polar surface area (TPSA) is 0 Å². The Hall–Kier alpha value is -1.06.